The number of rotatable bonds is 5. The number of carbonyl (C=O) groups is 2. The second kappa shape index (κ2) is 5.47. The summed E-state index contributed by atoms with van der Waals surface area (Å²) in [6.07, 6.45) is 1.54. The number of ketones is 1. The molecule has 2 heterocycles. The van der Waals surface area contributed by atoms with Crippen molar-refractivity contribution in [3.05, 3.63) is 35.5 Å². The van der Waals surface area contributed by atoms with Crippen molar-refractivity contribution in [3.8, 4) is 0 Å². The molecule has 0 aliphatic heterocycles. The molecule has 0 unspecified atom stereocenters. The highest BCUT2D eigenvalue weighted by Crippen LogP contribution is 2.04. The first-order valence-electron chi connectivity index (χ1n) is 5.78. The largest absolute Gasteiger partial charge is 0.467 e. The minimum absolute atomic E-state index is 0.0207. The highest BCUT2D eigenvalue weighted by Gasteiger charge is 2.14. The number of carbonyl (C=O) groups excluding carboxylic acids is 2. The van der Waals surface area contributed by atoms with E-state index in [1.807, 2.05) is 0 Å². The van der Waals surface area contributed by atoms with Crippen molar-refractivity contribution in [2.75, 3.05) is 0 Å². The fourth-order valence-electron chi connectivity index (χ4n) is 1.63. The van der Waals surface area contributed by atoms with Gasteiger partial charge in [0.15, 0.2) is 11.5 Å². The molecule has 0 aliphatic carbocycles. The maximum atomic E-state index is 11.7. The summed E-state index contributed by atoms with van der Waals surface area (Å²) in [6.45, 7) is 3.46. The van der Waals surface area contributed by atoms with Gasteiger partial charge in [0.1, 0.15) is 12.3 Å². The Morgan fingerprint density at radius 3 is 2.84 bits per heavy atom. The lowest BCUT2D eigenvalue weighted by atomic mass is 10.2. The van der Waals surface area contributed by atoms with Gasteiger partial charge in [0, 0.05) is 6.92 Å². The Kier molecular flexibility index (Phi) is 3.74. The molecule has 0 fully saturated rings. The van der Waals surface area contributed by atoms with E-state index >= 15 is 0 Å². The molecule has 1 amide bonds. The molecule has 100 valence electrons. The van der Waals surface area contributed by atoms with E-state index in [9.17, 15) is 9.59 Å². The molecule has 0 spiro atoms. The third-order valence-electron chi connectivity index (χ3n) is 2.65. The van der Waals surface area contributed by atoms with Gasteiger partial charge in [-0.1, -0.05) is 5.21 Å². The van der Waals surface area contributed by atoms with E-state index < -0.39 is 0 Å². The Hall–Kier alpha value is -2.44. The molecule has 0 bridgehead atoms. The van der Waals surface area contributed by atoms with E-state index in [1.54, 1.807) is 25.3 Å². The summed E-state index contributed by atoms with van der Waals surface area (Å²) in [7, 11) is 0. The average Bonchev–Trinajstić information content (AvgIpc) is 2.98. The van der Waals surface area contributed by atoms with Gasteiger partial charge in [-0.05, 0) is 19.1 Å². The first kappa shape index (κ1) is 13.0. The Morgan fingerprint density at radius 1 is 1.47 bits per heavy atom. The fraction of sp³-hybridized carbons (Fsp3) is 0.333. The zero-order valence-corrected chi connectivity index (χ0v) is 10.7. The van der Waals surface area contributed by atoms with Gasteiger partial charge in [-0.25, -0.2) is 4.68 Å². The van der Waals surface area contributed by atoms with Crippen LogP contribution in [0.15, 0.2) is 22.8 Å². The van der Waals surface area contributed by atoms with Crippen LogP contribution in [0.2, 0.25) is 0 Å². The summed E-state index contributed by atoms with van der Waals surface area (Å²) in [5, 5.41) is 10.2. The molecular weight excluding hydrogens is 248 g/mol. The molecule has 2 aromatic heterocycles. The second-order valence-electron chi connectivity index (χ2n) is 4.09. The van der Waals surface area contributed by atoms with E-state index in [-0.39, 0.29) is 18.2 Å². The van der Waals surface area contributed by atoms with Crippen LogP contribution in [0, 0.1) is 6.92 Å². The summed E-state index contributed by atoms with van der Waals surface area (Å²) in [5.41, 5.74) is 0.875. The van der Waals surface area contributed by atoms with Crippen molar-refractivity contribution in [3.63, 3.8) is 0 Å². The van der Waals surface area contributed by atoms with Gasteiger partial charge in [-0.15, -0.1) is 5.10 Å². The molecular formula is C12H14N4O3. The van der Waals surface area contributed by atoms with E-state index in [1.165, 1.54) is 11.6 Å². The molecule has 7 heteroatoms. The number of Topliss-reactive ketones (excluding diaryl/α,β-unsaturated/α-hetero) is 1. The second-order valence-corrected chi connectivity index (χ2v) is 4.09. The lowest BCUT2D eigenvalue weighted by molar-refractivity contribution is -0.122. The Morgan fingerprint density at radius 2 is 2.26 bits per heavy atom. The summed E-state index contributed by atoms with van der Waals surface area (Å²) >= 11 is 0. The normalized spacial score (nSPS) is 10.4. The van der Waals surface area contributed by atoms with Gasteiger partial charge in [0.05, 0.1) is 18.5 Å². The van der Waals surface area contributed by atoms with Crippen LogP contribution >= 0.6 is 0 Å². The third-order valence-corrected chi connectivity index (χ3v) is 2.65. The molecule has 2 rings (SSSR count). The number of hydrogen-bond acceptors (Lipinski definition) is 5. The summed E-state index contributed by atoms with van der Waals surface area (Å²) in [6, 6.07) is 3.52. The Labute approximate surface area is 109 Å². The van der Waals surface area contributed by atoms with E-state index in [2.05, 4.69) is 15.6 Å². The van der Waals surface area contributed by atoms with Crippen molar-refractivity contribution in [2.24, 2.45) is 0 Å². The SMILES string of the molecule is CC(=O)c1nnn(CC(=O)NCc2ccco2)c1C. The standard InChI is InChI=1S/C12H14N4O3/c1-8-12(9(2)17)14-15-16(8)7-11(18)13-6-10-4-3-5-19-10/h3-5H,6-7H2,1-2H3,(H,13,18). The van der Waals surface area contributed by atoms with Gasteiger partial charge in [-0.2, -0.15) is 0 Å². The van der Waals surface area contributed by atoms with Crippen LogP contribution in [0.25, 0.3) is 0 Å². The summed E-state index contributed by atoms with van der Waals surface area (Å²) in [4.78, 5) is 22.9. The lowest BCUT2D eigenvalue weighted by Gasteiger charge is -2.04. The zero-order chi connectivity index (χ0) is 13.8. The zero-order valence-electron chi connectivity index (χ0n) is 10.7. The molecule has 0 aromatic carbocycles. The molecule has 2 aromatic rings. The van der Waals surface area contributed by atoms with Crippen molar-refractivity contribution < 1.29 is 14.0 Å². The number of hydrogen-bond donors (Lipinski definition) is 1. The molecule has 0 atom stereocenters. The molecule has 19 heavy (non-hydrogen) atoms. The van der Waals surface area contributed by atoms with Gasteiger partial charge in [0.25, 0.3) is 0 Å². The number of nitrogens with zero attached hydrogens (tertiary/aromatic N) is 3. The van der Waals surface area contributed by atoms with Crippen molar-refractivity contribution in [1.29, 1.82) is 0 Å². The molecule has 0 saturated heterocycles. The topological polar surface area (TPSA) is 90.0 Å². The van der Waals surface area contributed by atoms with Crippen molar-refractivity contribution in [1.82, 2.24) is 20.3 Å². The number of furan rings is 1. The van der Waals surface area contributed by atoms with E-state index in [4.69, 9.17) is 4.42 Å². The minimum atomic E-state index is -0.223. The predicted molar refractivity (Wildman–Crippen MR) is 65.3 cm³/mol. The van der Waals surface area contributed by atoms with Gasteiger partial charge in [0.2, 0.25) is 5.91 Å². The van der Waals surface area contributed by atoms with E-state index in [0.717, 1.165) is 0 Å². The van der Waals surface area contributed by atoms with Crippen molar-refractivity contribution in [2.45, 2.75) is 26.9 Å². The molecule has 0 radical (unpaired) electrons. The van der Waals surface area contributed by atoms with Crippen LogP contribution in [0.3, 0.4) is 0 Å². The van der Waals surface area contributed by atoms with E-state index in [0.29, 0.717) is 23.7 Å². The summed E-state index contributed by atoms with van der Waals surface area (Å²) in [5.74, 6) is 0.285. The van der Waals surface area contributed by atoms with Crippen LogP contribution in [0.5, 0.6) is 0 Å². The highest BCUT2D eigenvalue weighted by atomic mass is 16.3. The van der Waals surface area contributed by atoms with Gasteiger partial charge in [-0.3, -0.25) is 9.59 Å². The number of amides is 1. The minimum Gasteiger partial charge on any atom is -0.467 e. The van der Waals surface area contributed by atoms with Crippen LogP contribution in [-0.2, 0) is 17.9 Å². The first-order valence-corrected chi connectivity index (χ1v) is 5.78. The molecule has 0 aliphatic rings. The molecule has 1 N–H and O–H groups in total. The molecule has 0 saturated carbocycles. The van der Waals surface area contributed by atoms with Crippen LogP contribution < -0.4 is 5.32 Å². The predicted octanol–water partition coefficient (Wildman–Crippen LogP) is 0.699. The Balaban J connectivity index is 1.93. The number of aromatic nitrogens is 3. The number of nitrogens with one attached hydrogen (secondary N) is 1. The third kappa shape index (κ3) is 3.06. The molecule has 7 nitrogen and oxygen atoms in total. The monoisotopic (exact) mass is 262 g/mol. The lowest BCUT2D eigenvalue weighted by Crippen LogP contribution is -2.27. The van der Waals surface area contributed by atoms with Crippen LogP contribution in [0.4, 0.5) is 0 Å². The summed E-state index contributed by atoms with van der Waals surface area (Å²) < 4.78 is 6.50. The maximum Gasteiger partial charge on any atom is 0.242 e. The van der Waals surface area contributed by atoms with Gasteiger partial charge < -0.3 is 9.73 Å². The smallest absolute Gasteiger partial charge is 0.242 e. The van der Waals surface area contributed by atoms with Gasteiger partial charge >= 0.3 is 0 Å². The quantitative estimate of drug-likeness (QED) is 0.801. The van der Waals surface area contributed by atoms with Crippen LogP contribution in [0.1, 0.15) is 28.9 Å². The fourth-order valence-corrected chi connectivity index (χ4v) is 1.63. The van der Waals surface area contributed by atoms with Crippen molar-refractivity contribution >= 4 is 11.7 Å². The van der Waals surface area contributed by atoms with Crippen LogP contribution in [-0.4, -0.2) is 26.7 Å². The average molecular weight is 262 g/mol. The first-order chi connectivity index (χ1) is 9.08. The Bertz CT molecular complexity index is 586. The highest BCUT2D eigenvalue weighted by molar-refractivity contribution is 5.93. The maximum absolute atomic E-state index is 11.7.